The van der Waals surface area contributed by atoms with Crippen LogP contribution >= 0.6 is 0 Å². The monoisotopic (exact) mass is 465 g/mol. The number of nitrogens with zero attached hydrogens (tertiary/aromatic N) is 1. The predicted octanol–water partition coefficient (Wildman–Crippen LogP) is 4.34. The molecule has 4 rings (SSSR count). The lowest BCUT2D eigenvalue weighted by Gasteiger charge is -2.15. The van der Waals surface area contributed by atoms with Crippen LogP contribution in [0.25, 0.3) is 0 Å². The molecule has 0 aliphatic carbocycles. The van der Waals surface area contributed by atoms with Gasteiger partial charge in [0.1, 0.15) is 5.75 Å². The van der Waals surface area contributed by atoms with Gasteiger partial charge in [0.2, 0.25) is 0 Å². The summed E-state index contributed by atoms with van der Waals surface area (Å²) in [4.78, 5) is 15.2. The van der Waals surface area contributed by atoms with Gasteiger partial charge in [0, 0.05) is 17.8 Å². The Morgan fingerprint density at radius 1 is 0.970 bits per heavy atom. The number of methoxy groups -OCH3 is 1. The average molecular weight is 466 g/mol. The first-order chi connectivity index (χ1) is 15.9. The fraction of sp³-hybridized carbons (Fsp3) is 0.240. The molecule has 1 aliphatic heterocycles. The van der Waals surface area contributed by atoms with Crippen LogP contribution in [0.3, 0.4) is 0 Å². The van der Waals surface area contributed by atoms with E-state index in [1.807, 2.05) is 24.3 Å². The number of sulfonamides is 1. The molecule has 0 atom stereocenters. The van der Waals surface area contributed by atoms with Crippen LogP contribution in [0, 0.1) is 0 Å². The molecule has 1 fully saturated rings. The van der Waals surface area contributed by atoms with Gasteiger partial charge in [-0.25, -0.2) is 8.42 Å². The van der Waals surface area contributed by atoms with Crippen molar-refractivity contribution in [3.63, 3.8) is 0 Å². The Bertz CT molecular complexity index is 1240. The predicted molar refractivity (Wildman–Crippen MR) is 129 cm³/mol. The molecule has 0 aromatic heterocycles. The molecule has 172 valence electrons. The number of nitrogens with one attached hydrogen (secondary N) is 2. The summed E-state index contributed by atoms with van der Waals surface area (Å²) in [6.07, 6.45) is 2.45. The number of amides is 1. The second-order valence-electron chi connectivity index (χ2n) is 7.97. The number of hydrogen-bond donors (Lipinski definition) is 2. The first kappa shape index (κ1) is 22.8. The molecule has 0 radical (unpaired) electrons. The summed E-state index contributed by atoms with van der Waals surface area (Å²) in [6.45, 7) is 3.05. The van der Waals surface area contributed by atoms with Crippen molar-refractivity contribution in [1.82, 2.24) is 4.90 Å². The average Bonchev–Trinajstić information content (AvgIpc) is 3.32. The van der Waals surface area contributed by atoms with Crippen molar-refractivity contribution >= 4 is 27.3 Å². The van der Waals surface area contributed by atoms with E-state index in [1.165, 1.54) is 32.1 Å². The van der Waals surface area contributed by atoms with Gasteiger partial charge in [-0.15, -0.1) is 0 Å². The number of rotatable bonds is 8. The van der Waals surface area contributed by atoms with Gasteiger partial charge in [-0.1, -0.05) is 30.3 Å². The third kappa shape index (κ3) is 5.71. The van der Waals surface area contributed by atoms with Crippen molar-refractivity contribution < 1.29 is 17.9 Å². The van der Waals surface area contributed by atoms with Gasteiger partial charge >= 0.3 is 0 Å². The van der Waals surface area contributed by atoms with Crippen LogP contribution in [-0.2, 0) is 16.6 Å². The van der Waals surface area contributed by atoms with E-state index in [2.05, 4.69) is 14.9 Å². The largest absolute Gasteiger partial charge is 0.495 e. The second kappa shape index (κ2) is 10.1. The fourth-order valence-electron chi connectivity index (χ4n) is 3.89. The number of carbonyl (C=O) groups excluding carboxylic acids is 1. The molecule has 0 saturated carbocycles. The van der Waals surface area contributed by atoms with Crippen LogP contribution in [0.4, 0.5) is 11.4 Å². The second-order valence-corrected chi connectivity index (χ2v) is 9.65. The Kier molecular flexibility index (Phi) is 6.96. The molecule has 2 N–H and O–H groups in total. The zero-order chi connectivity index (χ0) is 23.3. The lowest BCUT2D eigenvalue weighted by molar-refractivity contribution is 0.102. The normalized spacial score (nSPS) is 14.1. The van der Waals surface area contributed by atoms with Crippen LogP contribution in [0.5, 0.6) is 5.75 Å². The van der Waals surface area contributed by atoms with E-state index in [0.29, 0.717) is 17.1 Å². The molecular formula is C25H27N3O4S. The van der Waals surface area contributed by atoms with Gasteiger partial charge in [-0.2, -0.15) is 0 Å². The maximum absolute atomic E-state index is 12.9. The van der Waals surface area contributed by atoms with Gasteiger partial charge < -0.3 is 10.1 Å². The van der Waals surface area contributed by atoms with Gasteiger partial charge in [0.15, 0.2) is 0 Å². The zero-order valence-corrected chi connectivity index (χ0v) is 19.3. The number of likely N-dealkylation sites (tertiary alicyclic amines) is 1. The molecular weight excluding hydrogens is 438 g/mol. The minimum Gasteiger partial charge on any atom is -0.495 e. The summed E-state index contributed by atoms with van der Waals surface area (Å²) < 4.78 is 33.6. The first-order valence-electron chi connectivity index (χ1n) is 10.8. The third-order valence-electron chi connectivity index (χ3n) is 5.55. The van der Waals surface area contributed by atoms with E-state index < -0.39 is 10.0 Å². The lowest BCUT2D eigenvalue weighted by atomic mass is 10.1. The smallest absolute Gasteiger partial charge is 0.262 e. The minimum atomic E-state index is -3.91. The minimum absolute atomic E-state index is 0.0103. The summed E-state index contributed by atoms with van der Waals surface area (Å²) >= 11 is 0. The lowest BCUT2D eigenvalue weighted by Crippen LogP contribution is -2.19. The summed E-state index contributed by atoms with van der Waals surface area (Å²) in [5.41, 5.74) is 2.39. The van der Waals surface area contributed by atoms with Crippen LogP contribution in [0.2, 0.25) is 0 Å². The summed E-state index contributed by atoms with van der Waals surface area (Å²) in [5, 5.41) is 2.88. The van der Waals surface area contributed by atoms with E-state index in [0.717, 1.165) is 25.2 Å². The van der Waals surface area contributed by atoms with E-state index in [4.69, 9.17) is 4.74 Å². The van der Waals surface area contributed by atoms with Gasteiger partial charge in [-0.3, -0.25) is 14.4 Å². The molecule has 1 aliphatic rings. The molecule has 3 aromatic rings. The third-order valence-corrected chi connectivity index (χ3v) is 6.91. The standard InChI is InChI=1S/C25H27N3O4S/c1-32-24-13-3-2-12-23(24)27-33(30,31)22-11-7-9-20(17-22)25(29)26-21-10-6-8-19(16-21)18-28-14-4-5-15-28/h2-3,6-13,16-17,27H,4-5,14-15,18H2,1H3,(H,26,29). The highest BCUT2D eigenvalue weighted by molar-refractivity contribution is 7.92. The van der Waals surface area contributed by atoms with Gasteiger partial charge in [0.25, 0.3) is 15.9 Å². The number of para-hydroxylation sites is 2. The van der Waals surface area contributed by atoms with Crippen LogP contribution in [0.15, 0.2) is 77.7 Å². The molecule has 1 amide bonds. The van der Waals surface area contributed by atoms with Gasteiger partial charge in [-0.05, 0) is 74.0 Å². The highest BCUT2D eigenvalue weighted by Crippen LogP contribution is 2.26. The highest BCUT2D eigenvalue weighted by Gasteiger charge is 2.18. The van der Waals surface area contributed by atoms with Crippen LogP contribution < -0.4 is 14.8 Å². The van der Waals surface area contributed by atoms with Crippen LogP contribution in [-0.4, -0.2) is 39.4 Å². The number of benzene rings is 3. The van der Waals surface area contributed by atoms with Crippen molar-refractivity contribution in [3.8, 4) is 5.75 Å². The maximum atomic E-state index is 12.9. The van der Waals surface area contributed by atoms with E-state index in [1.54, 1.807) is 36.4 Å². The van der Waals surface area contributed by atoms with Crippen molar-refractivity contribution in [3.05, 3.63) is 83.9 Å². The quantitative estimate of drug-likeness (QED) is 0.517. The molecule has 8 heteroatoms. The van der Waals surface area contributed by atoms with Crippen LogP contribution in [0.1, 0.15) is 28.8 Å². The topological polar surface area (TPSA) is 87.7 Å². The van der Waals surface area contributed by atoms with E-state index in [-0.39, 0.29) is 16.4 Å². The van der Waals surface area contributed by atoms with E-state index >= 15 is 0 Å². The molecule has 0 unspecified atom stereocenters. The zero-order valence-electron chi connectivity index (χ0n) is 18.5. The Hall–Kier alpha value is -3.36. The summed E-state index contributed by atoms with van der Waals surface area (Å²) in [5.74, 6) is 0.0337. The van der Waals surface area contributed by atoms with Crippen molar-refractivity contribution in [2.24, 2.45) is 0 Å². The Labute approximate surface area is 194 Å². The Morgan fingerprint density at radius 3 is 2.52 bits per heavy atom. The van der Waals surface area contributed by atoms with Gasteiger partial charge in [0.05, 0.1) is 17.7 Å². The molecule has 7 nitrogen and oxygen atoms in total. The molecule has 0 spiro atoms. The number of carbonyl (C=O) groups is 1. The molecule has 1 saturated heterocycles. The Balaban J connectivity index is 1.48. The SMILES string of the molecule is COc1ccccc1NS(=O)(=O)c1cccc(C(=O)Nc2cccc(CN3CCCC3)c2)c1. The first-order valence-corrected chi connectivity index (χ1v) is 12.3. The molecule has 1 heterocycles. The summed E-state index contributed by atoms with van der Waals surface area (Å²) in [7, 11) is -2.44. The van der Waals surface area contributed by atoms with Crippen molar-refractivity contribution in [2.45, 2.75) is 24.3 Å². The number of hydrogen-bond acceptors (Lipinski definition) is 5. The fourth-order valence-corrected chi connectivity index (χ4v) is 5.00. The summed E-state index contributed by atoms with van der Waals surface area (Å²) in [6, 6.07) is 20.4. The molecule has 0 bridgehead atoms. The van der Waals surface area contributed by atoms with Crippen molar-refractivity contribution in [1.29, 1.82) is 0 Å². The Morgan fingerprint density at radius 2 is 1.73 bits per heavy atom. The maximum Gasteiger partial charge on any atom is 0.262 e. The van der Waals surface area contributed by atoms with Crippen molar-refractivity contribution in [2.75, 3.05) is 30.2 Å². The van der Waals surface area contributed by atoms with E-state index in [9.17, 15) is 13.2 Å². The molecule has 33 heavy (non-hydrogen) atoms. The number of ether oxygens (including phenoxy) is 1. The highest BCUT2D eigenvalue weighted by atomic mass is 32.2. The number of anilines is 2. The molecule has 3 aromatic carbocycles.